The summed E-state index contributed by atoms with van der Waals surface area (Å²) in [6.45, 7) is 3.95. The zero-order chi connectivity index (χ0) is 21.7. The van der Waals surface area contributed by atoms with Crippen molar-refractivity contribution in [2.75, 3.05) is 18.2 Å². The van der Waals surface area contributed by atoms with Gasteiger partial charge in [-0.2, -0.15) is 5.26 Å². The zero-order valence-corrected chi connectivity index (χ0v) is 17.0. The Morgan fingerprint density at radius 3 is 2.77 bits per heavy atom. The number of aliphatic imine (C=N–C) groups is 1. The van der Waals surface area contributed by atoms with Crippen LogP contribution in [0, 0.1) is 23.2 Å². The van der Waals surface area contributed by atoms with Gasteiger partial charge in [-0.25, -0.2) is 4.99 Å². The monoisotopic (exact) mass is 424 g/mol. The van der Waals surface area contributed by atoms with Crippen molar-refractivity contribution < 1.29 is 18.7 Å². The molecule has 1 aliphatic rings. The predicted molar refractivity (Wildman–Crippen MR) is 114 cm³/mol. The average molecular weight is 424 g/mol. The number of nitrogens with two attached hydrogens (primary N) is 1. The number of rotatable bonds is 6. The highest BCUT2D eigenvalue weighted by Gasteiger charge is 2.45. The number of carbonyl (C=O) groups excluding carboxylic acids is 2. The number of furan rings is 1. The fourth-order valence-electron chi connectivity index (χ4n) is 3.32. The van der Waals surface area contributed by atoms with Crippen LogP contribution in [0.15, 0.2) is 64.3 Å². The molecule has 2 amide bonds. The van der Waals surface area contributed by atoms with Crippen molar-refractivity contribution in [1.82, 2.24) is 0 Å². The van der Waals surface area contributed by atoms with Gasteiger partial charge in [-0.3, -0.25) is 9.59 Å². The number of anilines is 1. The molecule has 0 bridgehead atoms. The molecule has 9 heteroatoms. The number of hydrogen-bond acceptors (Lipinski definition) is 7. The standard InChI is InChI=1S/C21H20N4O4S/c1-12-18(20(27)25-14-6-3-4-7-15(14)28-2)19(16-8-5-9-29-16)13(10-22)21(24-12)30-11-17(23)26/h3-9,13,18-19H,1,11H2,2H3,(H2,23,26)(H,25,27)/t13?,18-,19-/m0/s1. The second kappa shape index (κ2) is 9.33. The number of nitriles is 1. The fourth-order valence-corrected chi connectivity index (χ4v) is 4.17. The summed E-state index contributed by atoms with van der Waals surface area (Å²) in [4.78, 5) is 28.8. The Bertz CT molecular complexity index is 1030. The molecule has 3 rings (SSSR count). The van der Waals surface area contributed by atoms with Crippen LogP contribution in [-0.2, 0) is 9.59 Å². The molecule has 1 unspecified atom stereocenters. The summed E-state index contributed by atoms with van der Waals surface area (Å²) in [5.41, 5.74) is 5.99. The van der Waals surface area contributed by atoms with Crippen LogP contribution in [0.1, 0.15) is 11.7 Å². The van der Waals surface area contributed by atoms with Gasteiger partial charge in [0.15, 0.2) is 0 Å². The van der Waals surface area contributed by atoms with Crippen molar-refractivity contribution in [3.63, 3.8) is 0 Å². The van der Waals surface area contributed by atoms with Crippen LogP contribution in [-0.4, -0.2) is 29.7 Å². The third-order valence-corrected chi connectivity index (χ3v) is 5.69. The van der Waals surface area contributed by atoms with Crippen molar-refractivity contribution in [2.45, 2.75) is 5.92 Å². The number of ether oxygens (including phenoxy) is 1. The summed E-state index contributed by atoms with van der Waals surface area (Å²) in [7, 11) is 1.51. The lowest BCUT2D eigenvalue weighted by molar-refractivity contribution is -0.120. The Morgan fingerprint density at radius 2 is 2.13 bits per heavy atom. The minimum absolute atomic E-state index is 0.0345. The van der Waals surface area contributed by atoms with Gasteiger partial charge in [0.05, 0.1) is 47.8 Å². The number of hydrogen-bond donors (Lipinski definition) is 2. The van der Waals surface area contributed by atoms with Gasteiger partial charge in [0.25, 0.3) is 0 Å². The van der Waals surface area contributed by atoms with Gasteiger partial charge in [0, 0.05) is 5.70 Å². The normalized spacial score (nSPS) is 20.7. The summed E-state index contributed by atoms with van der Waals surface area (Å²) in [6, 6.07) is 12.6. The topological polar surface area (TPSA) is 131 Å². The lowest BCUT2D eigenvalue weighted by atomic mass is 9.76. The second-order valence-corrected chi connectivity index (χ2v) is 7.51. The van der Waals surface area contributed by atoms with Crippen LogP contribution in [0.4, 0.5) is 5.69 Å². The van der Waals surface area contributed by atoms with Crippen molar-refractivity contribution in [2.24, 2.45) is 22.6 Å². The average Bonchev–Trinajstić information content (AvgIpc) is 3.26. The van der Waals surface area contributed by atoms with Crippen molar-refractivity contribution >= 4 is 34.3 Å². The molecule has 30 heavy (non-hydrogen) atoms. The van der Waals surface area contributed by atoms with Crippen LogP contribution in [0.2, 0.25) is 0 Å². The number of thioether (sulfide) groups is 1. The minimum atomic E-state index is -0.858. The fraction of sp³-hybridized carbons (Fsp3) is 0.238. The van der Waals surface area contributed by atoms with Gasteiger partial charge in [-0.15, -0.1) is 0 Å². The molecule has 8 nitrogen and oxygen atoms in total. The summed E-state index contributed by atoms with van der Waals surface area (Å²) < 4.78 is 10.8. The van der Waals surface area contributed by atoms with E-state index in [1.54, 1.807) is 36.4 Å². The molecule has 0 saturated heterocycles. The molecule has 1 aliphatic heterocycles. The third kappa shape index (κ3) is 4.39. The molecule has 1 aromatic heterocycles. The number of nitrogens with one attached hydrogen (secondary N) is 1. The van der Waals surface area contributed by atoms with Crippen LogP contribution in [0.5, 0.6) is 5.75 Å². The first-order valence-corrected chi connectivity index (χ1v) is 10.00. The van der Waals surface area contributed by atoms with Gasteiger partial charge >= 0.3 is 0 Å². The van der Waals surface area contributed by atoms with E-state index >= 15 is 0 Å². The molecule has 0 spiro atoms. The summed E-state index contributed by atoms with van der Waals surface area (Å²) in [6.07, 6.45) is 1.48. The van der Waals surface area contributed by atoms with Crippen LogP contribution >= 0.6 is 11.8 Å². The number of methoxy groups -OCH3 is 1. The maximum absolute atomic E-state index is 13.3. The van der Waals surface area contributed by atoms with Crippen LogP contribution in [0.25, 0.3) is 0 Å². The molecule has 0 radical (unpaired) electrons. The Balaban J connectivity index is 1.98. The van der Waals surface area contributed by atoms with Gasteiger partial charge in [-0.05, 0) is 24.3 Å². The quantitative estimate of drug-likeness (QED) is 0.733. The first kappa shape index (κ1) is 21.2. The number of nitrogens with zero attached hydrogens (tertiary/aromatic N) is 2. The molecular weight excluding hydrogens is 404 g/mol. The van der Waals surface area contributed by atoms with Crippen molar-refractivity contribution in [1.29, 1.82) is 5.26 Å². The molecule has 2 heterocycles. The molecule has 3 N–H and O–H groups in total. The molecule has 3 atom stereocenters. The first-order valence-electron chi connectivity index (χ1n) is 9.01. The lowest BCUT2D eigenvalue weighted by Crippen LogP contribution is -2.38. The van der Waals surface area contributed by atoms with Gasteiger partial charge in [-0.1, -0.05) is 30.5 Å². The highest BCUT2D eigenvalue weighted by molar-refractivity contribution is 8.14. The van der Waals surface area contributed by atoms with E-state index < -0.39 is 29.6 Å². The molecule has 0 saturated carbocycles. The maximum atomic E-state index is 13.3. The zero-order valence-electron chi connectivity index (χ0n) is 16.2. The van der Waals surface area contributed by atoms with E-state index in [4.69, 9.17) is 14.9 Å². The highest BCUT2D eigenvalue weighted by Crippen LogP contribution is 2.44. The summed E-state index contributed by atoms with van der Waals surface area (Å²) >= 11 is 1.07. The van der Waals surface area contributed by atoms with E-state index in [2.05, 4.69) is 23.0 Å². The number of primary amides is 1. The van der Waals surface area contributed by atoms with Gasteiger partial charge in [0.2, 0.25) is 11.8 Å². The molecular formula is C21H20N4O4S. The Morgan fingerprint density at radius 1 is 1.37 bits per heavy atom. The Labute approximate surface area is 177 Å². The van der Waals surface area contributed by atoms with Gasteiger partial charge in [0.1, 0.15) is 17.4 Å². The molecule has 154 valence electrons. The Kier molecular flexibility index (Phi) is 6.59. The number of para-hydroxylation sites is 2. The number of carbonyl (C=O) groups is 2. The molecule has 1 aromatic carbocycles. The summed E-state index contributed by atoms with van der Waals surface area (Å²) in [5, 5.41) is 13.1. The molecule has 2 aromatic rings. The van der Waals surface area contributed by atoms with E-state index in [0.29, 0.717) is 22.2 Å². The van der Waals surface area contributed by atoms with Crippen LogP contribution in [0.3, 0.4) is 0 Å². The smallest absolute Gasteiger partial charge is 0.234 e. The van der Waals surface area contributed by atoms with Crippen molar-refractivity contribution in [3.8, 4) is 11.8 Å². The highest BCUT2D eigenvalue weighted by atomic mass is 32.2. The Hall–Kier alpha value is -3.51. The number of benzene rings is 1. The molecule has 0 fully saturated rings. The van der Waals surface area contributed by atoms with E-state index in [9.17, 15) is 14.9 Å². The summed E-state index contributed by atoms with van der Waals surface area (Å²) in [5.74, 6) is -2.34. The lowest BCUT2D eigenvalue weighted by Gasteiger charge is -2.33. The van der Waals surface area contributed by atoms with Crippen molar-refractivity contribution in [3.05, 3.63) is 60.7 Å². The van der Waals surface area contributed by atoms with E-state index in [1.165, 1.54) is 13.4 Å². The maximum Gasteiger partial charge on any atom is 0.234 e. The van der Waals surface area contributed by atoms with E-state index in [0.717, 1.165) is 11.8 Å². The van der Waals surface area contributed by atoms with E-state index in [1.807, 2.05) is 0 Å². The predicted octanol–water partition coefficient (Wildman–Crippen LogP) is 2.91. The number of amides is 2. The van der Waals surface area contributed by atoms with Gasteiger partial charge < -0.3 is 20.2 Å². The third-order valence-electron chi connectivity index (χ3n) is 4.62. The minimum Gasteiger partial charge on any atom is -0.495 e. The van der Waals surface area contributed by atoms with E-state index in [-0.39, 0.29) is 11.4 Å². The SMILES string of the molecule is C=C1N=C(SCC(N)=O)C(C#N)[C@@H](c2ccco2)[C@H]1C(=O)Nc1ccccc1OC. The second-order valence-electron chi connectivity index (χ2n) is 6.51. The first-order chi connectivity index (χ1) is 14.5. The molecule has 0 aliphatic carbocycles. The largest absolute Gasteiger partial charge is 0.495 e. The van der Waals surface area contributed by atoms with Crippen LogP contribution < -0.4 is 15.8 Å².